The molecule has 4 heteroatoms. The van der Waals surface area contributed by atoms with E-state index in [0.29, 0.717) is 17.4 Å². The minimum Gasteiger partial charge on any atom is -0.496 e. The van der Waals surface area contributed by atoms with Crippen molar-refractivity contribution in [1.82, 2.24) is 5.32 Å². The van der Waals surface area contributed by atoms with E-state index in [1.54, 1.807) is 7.11 Å². The fourth-order valence-electron chi connectivity index (χ4n) is 3.31. The lowest BCUT2D eigenvalue weighted by atomic mass is 9.96. The van der Waals surface area contributed by atoms with E-state index >= 15 is 0 Å². The van der Waals surface area contributed by atoms with Crippen LogP contribution in [0.5, 0.6) is 5.75 Å². The van der Waals surface area contributed by atoms with Crippen molar-refractivity contribution in [3.63, 3.8) is 0 Å². The lowest BCUT2D eigenvalue weighted by Gasteiger charge is -2.24. The summed E-state index contributed by atoms with van der Waals surface area (Å²) in [5, 5.41) is 3.85. The highest BCUT2D eigenvalue weighted by molar-refractivity contribution is 7.99. The maximum absolute atomic E-state index is 11.4. The van der Waals surface area contributed by atoms with Crippen molar-refractivity contribution in [2.75, 3.05) is 12.9 Å². The van der Waals surface area contributed by atoms with E-state index in [1.165, 1.54) is 35.3 Å². The standard InChI is InChI=1S/C21H25NO2S.C2H6/c1-3-4-10-17-14-25-20-11-16(13-23)19(24-2)12-18(20)21(22-17)15-8-6-5-7-9-15;1-2/h5-9,11-13,17,21-22H,3-4,10,14H2,1-2H3;1-2H3/t17?,21-;/m1./s1. The van der Waals surface area contributed by atoms with Crippen LogP contribution >= 0.6 is 11.8 Å². The molecule has 0 radical (unpaired) electrons. The van der Waals surface area contributed by atoms with Crippen LogP contribution in [0.2, 0.25) is 0 Å². The van der Waals surface area contributed by atoms with Gasteiger partial charge in [-0.05, 0) is 29.7 Å². The molecular weight excluding hydrogens is 354 g/mol. The van der Waals surface area contributed by atoms with Gasteiger partial charge in [0.05, 0.1) is 18.7 Å². The first kappa shape index (κ1) is 21.5. The number of methoxy groups -OCH3 is 1. The predicted octanol–water partition coefficient (Wildman–Crippen LogP) is 5.88. The van der Waals surface area contributed by atoms with Gasteiger partial charge in [0, 0.05) is 16.7 Å². The minimum absolute atomic E-state index is 0.114. The molecule has 2 aromatic carbocycles. The highest BCUT2D eigenvalue weighted by Gasteiger charge is 2.26. The Morgan fingerprint density at radius 3 is 2.59 bits per heavy atom. The fraction of sp³-hybridized carbons (Fsp3) is 0.435. The van der Waals surface area contributed by atoms with Crippen molar-refractivity contribution in [2.24, 2.45) is 0 Å². The molecule has 0 amide bonds. The quantitative estimate of drug-likeness (QED) is 0.630. The molecule has 0 aromatic heterocycles. The molecule has 0 spiro atoms. The molecule has 3 nitrogen and oxygen atoms in total. The third kappa shape index (κ3) is 5.36. The van der Waals surface area contributed by atoms with Gasteiger partial charge in [-0.15, -0.1) is 11.8 Å². The van der Waals surface area contributed by atoms with Gasteiger partial charge in [-0.3, -0.25) is 4.79 Å². The first-order valence-electron chi connectivity index (χ1n) is 9.87. The van der Waals surface area contributed by atoms with Crippen LogP contribution in [0.15, 0.2) is 47.4 Å². The van der Waals surface area contributed by atoms with Gasteiger partial charge in [-0.2, -0.15) is 0 Å². The van der Waals surface area contributed by atoms with Crippen LogP contribution in [-0.2, 0) is 0 Å². The number of unbranched alkanes of at least 4 members (excludes halogenated alkanes) is 1. The highest BCUT2D eigenvalue weighted by atomic mass is 32.2. The fourth-order valence-corrected chi connectivity index (χ4v) is 4.51. The molecule has 1 heterocycles. The van der Waals surface area contributed by atoms with E-state index in [-0.39, 0.29) is 6.04 Å². The molecule has 3 rings (SSSR count). The van der Waals surface area contributed by atoms with Gasteiger partial charge in [0.2, 0.25) is 0 Å². The summed E-state index contributed by atoms with van der Waals surface area (Å²) >= 11 is 1.84. The Bertz CT molecular complexity index is 718. The molecule has 0 saturated heterocycles. The van der Waals surface area contributed by atoms with Crippen LogP contribution in [-0.4, -0.2) is 25.2 Å². The molecule has 1 N–H and O–H groups in total. The number of hydrogen-bond donors (Lipinski definition) is 1. The molecule has 1 unspecified atom stereocenters. The summed E-state index contributed by atoms with van der Waals surface area (Å²) in [5.74, 6) is 1.66. The number of fused-ring (bicyclic) bond motifs is 1. The third-order valence-corrected chi connectivity index (χ3v) is 5.92. The van der Waals surface area contributed by atoms with Crippen LogP contribution in [0, 0.1) is 0 Å². The normalized spacial score (nSPS) is 18.5. The molecule has 2 atom stereocenters. The van der Waals surface area contributed by atoms with Gasteiger partial charge in [0.15, 0.2) is 6.29 Å². The van der Waals surface area contributed by atoms with E-state index < -0.39 is 0 Å². The highest BCUT2D eigenvalue weighted by Crippen LogP contribution is 2.39. The van der Waals surface area contributed by atoms with Gasteiger partial charge >= 0.3 is 0 Å². The summed E-state index contributed by atoms with van der Waals surface area (Å²) < 4.78 is 5.45. The van der Waals surface area contributed by atoms with Crippen LogP contribution in [0.25, 0.3) is 0 Å². The number of carbonyl (C=O) groups excluding carboxylic acids is 1. The largest absolute Gasteiger partial charge is 0.496 e. The average Bonchev–Trinajstić information content (AvgIpc) is 2.92. The number of rotatable bonds is 6. The van der Waals surface area contributed by atoms with Gasteiger partial charge < -0.3 is 10.1 Å². The molecule has 2 aromatic rings. The summed E-state index contributed by atoms with van der Waals surface area (Å²) in [4.78, 5) is 12.6. The Morgan fingerprint density at radius 1 is 1.22 bits per heavy atom. The predicted molar refractivity (Wildman–Crippen MR) is 115 cm³/mol. The molecule has 1 aliphatic rings. The van der Waals surface area contributed by atoms with E-state index in [9.17, 15) is 4.79 Å². The molecule has 0 bridgehead atoms. The van der Waals surface area contributed by atoms with E-state index in [2.05, 4.69) is 36.5 Å². The second-order valence-corrected chi connectivity index (χ2v) is 7.47. The third-order valence-electron chi connectivity index (χ3n) is 4.68. The maximum Gasteiger partial charge on any atom is 0.153 e. The van der Waals surface area contributed by atoms with Crippen LogP contribution < -0.4 is 10.1 Å². The summed E-state index contributed by atoms with van der Waals surface area (Å²) in [6, 6.07) is 15.1. The zero-order valence-corrected chi connectivity index (χ0v) is 17.6. The number of hydrogen-bond acceptors (Lipinski definition) is 4. The van der Waals surface area contributed by atoms with Crippen LogP contribution in [0.4, 0.5) is 0 Å². The van der Waals surface area contributed by atoms with Crippen molar-refractivity contribution in [3.8, 4) is 5.75 Å². The topological polar surface area (TPSA) is 38.3 Å². The van der Waals surface area contributed by atoms with Crippen molar-refractivity contribution in [1.29, 1.82) is 0 Å². The summed E-state index contributed by atoms with van der Waals surface area (Å²) in [6.07, 6.45) is 4.47. The summed E-state index contributed by atoms with van der Waals surface area (Å²) in [5.41, 5.74) is 3.05. The second kappa shape index (κ2) is 11.2. The first-order chi connectivity index (χ1) is 13.3. The molecule has 0 fully saturated rings. The molecule has 1 aliphatic heterocycles. The van der Waals surface area contributed by atoms with Gasteiger partial charge in [0.25, 0.3) is 0 Å². The lowest BCUT2D eigenvalue weighted by Crippen LogP contribution is -2.34. The van der Waals surface area contributed by atoms with Crippen LogP contribution in [0.1, 0.15) is 67.6 Å². The Balaban J connectivity index is 0.00000126. The molecule has 27 heavy (non-hydrogen) atoms. The maximum atomic E-state index is 11.4. The Kier molecular flexibility index (Phi) is 8.89. The van der Waals surface area contributed by atoms with E-state index in [4.69, 9.17) is 4.74 Å². The monoisotopic (exact) mass is 385 g/mol. The molecule has 0 saturated carbocycles. The molecule has 146 valence electrons. The first-order valence-corrected chi connectivity index (χ1v) is 10.9. The Labute approximate surface area is 167 Å². The van der Waals surface area contributed by atoms with E-state index in [0.717, 1.165) is 12.0 Å². The van der Waals surface area contributed by atoms with Crippen molar-refractivity contribution < 1.29 is 9.53 Å². The number of nitrogens with one attached hydrogen (secondary N) is 1. The second-order valence-electron chi connectivity index (χ2n) is 6.41. The summed E-state index contributed by atoms with van der Waals surface area (Å²) in [6.45, 7) is 6.23. The van der Waals surface area contributed by atoms with Gasteiger partial charge in [0.1, 0.15) is 5.75 Å². The SMILES string of the molecule is CC.CCCCC1CSc2cc(C=O)c(OC)cc2[C@@H](c2ccccc2)N1. The summed E-state index contributed by atoms with van der Waals surface area (Å²) in [7, 11) is 1.62. The van der Waals surface area contributed by atoms with Crippen molar-refractivity contribution in [2.45, 2.75) is 57.0 Å². The lowest BCUT2D eigenvalue weighted by molar-refractivity contribution is 0.112. The van der Waals surface area contributed by atoms with Crippen molar-refractivity contribution in [3.05, 3.63) is 59.2 Å². The number of benzene rings is 2. The molecule has 0 aliphatic carbocycles. The smallest absolute Gasteiger partial charge is 0.153 e. The zero-order valence-electron chi connectivity index (χ0n) is 16.8. The van der Waals surface area contributed by atoms with E-state index in [1.807, 2.05) is 43.8 Å². The number of thioether (sulfide) groups is 1. The Hall–Kier alpha value is -1.78. The number of carbonyl (C=O) groups is 1. The Morgan fingerprint density at radius 2 is 1.96 bits per heavy atom. The van der Waals surface area contributed by atoms with Crippen molar-refractivity contribution >= 4 is 18.0 Å². The number of aldehydes is 1. The van der Waals surface area contributed by atoms with Gasteiger partial charge in [-0.25, -0.2) is 0 Å². The van der Waals surface area contributed by atoms with Gasteiger partial charge in [-0.1, -0.05) is 63.9 Å². The minimum atomic E-state index is 0.114. The molecular formula is C23H31NO2S. The average molecular weight is 386 g/mol. The van der Waals surface area contributed by atoms with Crippen LogP contribution in [0.3, 0.4) is 0 Å². The number of ether oxygens (including phenoxy) is 1. The zero-order chi connectivity index (χ0) is 19.6.